The maximum Gasteiger partial charge on any atom is 0.0146 e. The molecule has 0 unspecified atom stereocenters. The Morgan fingerprint density at radius 1 is 0.682 bits per heavy atom. The molecule has 0 heterocycles. The van der Waals surface area contributed by atoms with Crippen LogP contribution < -0.4 is 0 Å². The van der Waals surface area contributed by atoms with Gasteiger partial charge in [-0.25, -0.2) is 0 Å². The second-order valence-corrected chi connectivity index (χ2v) is 7.29. The van der Waals surface area contributed by atoms with Gasteiger partial charge in [0.15, 0.2) is 0 Å². The zero-order chi connectivity index (χ0) is 16.7. The van der Waals surface area contributed by atoms with Crippen LogP contribution >= 0.6 is 0 Å². The van der Waals surface area contributed by atoms with Crippen molar-refractivity contribution in [2.45, 2.75) is 67.2 Å². The monoisotopic (exact) mass is 294 g/mol. The number of aryl methyl sites for hydroxylation is 4. The molecule has 0 aromatic heterocycles. The molecule has 0 aliphatic rings. The molecule has 0 aliphatic carbocycles. The molecule has 0 radical (unpaired) electrons. The van der Waals surface area contributed by atoms with Crippen molar-refractivity contribution in [1.82, 2.24) is 0 Å². The molecule has 0 N–H and O–H groups in total. The van der Waals surface area contributed by atoms with Gasteiger partial charge in [-0.1, -0.05) is 45.0 Å². The minimum absolute atomic E-state index is 0.0333. The van der Waals surface area contributed by atoms with Gasteiger partial charge in [-0.3, -0.25) is 0 Å². The van der Waals surface area contributed by atoms with Crippen LogP contribution in [0.2, 0.25) is 0 Å². The van der Waals surface area contributed by atoms with E-state index in [9.17, 15) is 0 Å². The first kappa shape index (κ1) is 16.8. The van der Waals surface area contributed by atoms with Crippen LogP contribution in [-0.4, -0.2) is 0 Å². The minimum Gasteiger partial charge on any atom is -0.0613 e. The van der Waals surface area contributed by atoms with Crippen LogP contribution in [0.4, 0.5) is 0 Å². The molecule has 0 aliphatic heterocycles. The van der Waals surface area contributed by atoms with Gasteiger partial charge in [0.25, 0.3) is 0 Å². The molecule has 2 aromatic carbocycles. The molecule has 0 saturated heterocycles. The van der Waals surface area contributed by atoms with Crippen molar-refractivity contribution < 1.29 is 0 Å². The van der Waals surface area contributed by atoms with Crippen molar-refractivity contribution in [2.24, 2.45) is 0 Å². The van der Waals surface area contributed by atoms with Gasteiger partial charge in [0.05, 0.1) is 0 Å². The average molecular weight is 294 g/mol. The van der Waals surface area contributed by atoms with Crippen molar-refractivity contribution in [3.63, 3.8) is 0 Å². The third kappa shape index (κ3) is 2.84. The van der Waals surface area contributed by atoms with E-state index in [2.05, 4.69) is 79.7 Å². The molecular formula is C22H30. The summed E-state index contributed by atoms with van der Waals surface area (Å²) < 4.78 is 0. The Hall–Kier alpha value is -1.56. The van der Waals surface area contributed by atoms with E-state index >= 15 is 0 Å². The lowest BCUT2D eigenvalue weighted by molar-refractivity contribution is 0.637. The first-order valence-corrected chi connectivity index (χ1v) is 8.37. The summed E-state index contributed by atoms with van der Waals surface area (Å²) >= 11 is 0. The quantitative estimate of drug-likeness (QED) is 0.640. The van der Waals surface area contributed by atoms with E-state index in [1.54, 1.807) is 0 Å². The molecule has 0 heteroatoms. The molecular weight excluding hydrogens is 264 g/mol. The number of hydrogen-bond acceptors (Lipinski definition) is 0. The van der Waals surface area contributed by atoms with Gasteiger partial charge in [0.2, 0.25) is 0 Å². The molecule has 2 aromatic rings. The van der Waals surface area contributed by atoms with Crippen molar-refractivity contribution >= 4 is 0 Å². The average Bonchev–Trinajstić information content (AvgIpc) is 2.46. The molecule has 0 spiro atoms. The molecule has 0 saturated carbocycles. The number of rotatable bonds is 3. The smallest absolute Gasteiger partial charge is 0.0146 e. The van der Waals surface area contributed by atoms with Gasteiger partial charge in [-0.05, 0) is 85.5 Å². The normalized spacial score (nSPS) is 11.8. The Kier molecular flexibility index (Phi) is 4.52. The standard InChI is InChI=1S/C22H30/c1-9-19-13-21(12-16(4)18(19)6)22(7,8)20-10-14(2)17(5)15(3)11-20/h10-13H,9H2,1-8H3. The van der Waals surface area contributed by atoms with Crippen LogP contribution in [0.25, 0.3) is 0 Å². The topological polar surface area (TPSA) is 0 Å². The first-order valence-electron chi connectivity index (χ1n) is 8.37. The van der Waals surface area contributed by atoms with Gasteiger partial charge >= 0.3 is 0 Å². The molecule has 0 atom stereocenters. The number of hydrogen-bond donors (Lipinski definition) is 0. The van der Waals surface area contributed by atoms with E-state index in [-0.39, 0.29) is 5.41 Å². The molecule has 22 heavy (non-hydrogen) atoms. The Morgan fingerprint density at radius 3 is 1.55 bits per heavy atom. The second kappa shape index (κ2) is 5.91. The largest absolute Gasteiger partial charge is 0.0613 e. The molecule has 118 valence electrons. The lowest BCUT2D eigenvalue weighted by Gasteiger charge is -2.29. The Bertz CT molecular complexity index is 679. The van der Waals surface area contributed by atoms with Crippen LogP contribution in [0, 0.1) is 34.6 Å². The van der Waals surface area contributed by atoms with Gasteiger partial charge in [-0.15, -0.1) is 0 Å². The van der Waals surface area contributed by atoms with Gasteiger partial charge in [0, 0.05) is 5.41 Å². The summed E-state index contributed by atoms with van der Waals surface area (Å²) in [5.74, 6) is 0. The summed E-state index contributed by atoms with van der Waals surface area (Å²) in [4.78, 5) is 0. The van der Waals surface area contributed by atoms with E-state index in [1.165, 1.54) is 44.5 Å². The fourth-order valence-corrected chi connectivity index (χ4v) is 3.22. The highest BCUT2D eigenvalue weighted by molar-refractivity contribution is 5.48. The van der Waals surface area contributed by atoms with Gasteiger partial charge < -0.3 is 0 Å². The van der Waals surface area contributed by atoms with Crippen LogP contribution in [0.5, 0.6) is 0 Å². The van der Waals surface area contributed by atoms with Gasteiger partial charge in [0.1, 0.15) is 0 Å². The number of benzene rings is 2. The van der Waals surface area contributed by atoms with Crippen LogP contribution in [0.1, 0.15) is 65.3 Å². The van der Waals surface area contributed by atoms with Crippen molar-refractivity contribution in [1.29, 1.82) is 0 Å². The highest BCUT2D eigenvalue weighted by atomic mass is 14.3. The van der Waals surface area contributed by atoms with E-state index in [0.29, 0.717) is 0 Å². The Morgan fingerprint density at radius 2 is 1.09 bits per heavy atom. The van der Waals surface area contributed by atoms with Crippen molar-refractivity contribution in [2.75, 3.05) is 0 Å². The van der Waals surface area contributed by atoms with Crippen LogP contribution in [-0.2, 0) is 11.8 Å². The summed E-state index contributed by atoms with van der Waals surface area (Å²) in [5.41, 5.74) is 11.4. The maximum absolute atomic E-state index is 2.41. The summed E-state index contributed by atoms with van der Waals surface area (Å²) in [7, 11) is 0. The Labute approximate surface area is 136 Å². The molecule has 2 rings (SSSR count). The molecule has 0 bridgehead atoms. The zero-order valence-electron chi connectivity index (χ0n) is 15.5. The summed E-state index contributed by atoms with van der Waals surface area (Å²) in [5, 5.41) is 0. The first-order chi connectivity index (χ1) is 10.2. The fourth-order valence-electron chi connectivity index (χ4n) is 3.22. The second-order valence-electron chi connectivity index (χ2n) is 7.29. The lowest BCUT2D eigenvalue weighted by Crippen LogP contribution is -2.20. The highest BCUT2D eigenvalue weighted by Crippen LogP contribution is 2.35. The molecule has 0 amide bonds. The fraction of sp³-hybridized carbons (Fsp3) is 0.455. The summed E-state index contributed by atoms with van der Waals surface area (Å²) in [6.45, 7) is 18.1. The summed E-state index contributed by atoms with van der Waals surface area (Å²) in [6.07, 6.45) is 1.10. The molecule has 0 nitrogen and oxygen atoms in total. The van der Waals surface area contributed by atoms with Crippen LogP contribution in [0.15, 0.2) is 24.3 Å². The van der Waals surface area contributed by atoms with E-state index in [0.717, 1.165) is 6.42 Å². The van der Waals surface area contributed by atoms with Crippen molar-refractivity contribution in [3.05, 3.63) is 68.8 Å². The third-order valence-corrected chi connectivity index (χ3v) is 5.53. The summed E-state index contributed by atoms with van der Waals surface area (Å²) in [6, 6.07) is 9.51. The predicted octanol–water partition coefficient (Wildman–Crippen LogP) is 6.12. The van der Waals surface area contributed by atoms with E-state index < -0.39 is 0 Å². The SMILES string of the molecule is CCc1cc(C(C)(C)c2cc(C)c(C)c(C)c2)cc(C)c1C. The van der Waals surface area contributed by atoms with Crippen molar-refractivity contribution in [3.8, 4) is 0 Å². The predicted molar refractivity (Wildman–Crippen MR) is 98.1 cm³/mol. The lowest BCUT2D eigenvalue weighted by atomic mass is 9.75. The van der Waals surface area contributed by atoms with Gasteiger partial charge in [-0.2, -0.15) is 0 Å². The third-order valence-electron chi connectivity index (χ3n) is 5.53. The molecule has 0 fully saturated rings. The van der Waals surface area contributed by atoms with Crippen LogP contribution in [0.3, 0.4) is 0 Å². The highest BCUT2D eigenvalue weighted by Gasteiger charge is 2.25. The maximum atomic E-state index is 2.41. The Balaban J connectivity index is 2.62. The van der Waals surface area contributed by atoms with E-state index in [1.807, 2.05) is 0 Å². The minimum atomic E-state index is 0.0333. The van der Waals surface area contributed by atoms with E-state index in [4.69, 9.17) is 0 Å². The zero-order valence-corrected chi connectivity index (χ0v) is 15.5.